The quantitative estimate of drug-likeness (QED) is 0.650. The van der Waals surface area contributed by atoms with Crippen LogP contribution in [0.1, 0.15) is 35.3 Å². The van der Waals surface area contributed by atoms with E-state index in [9.17, 15) is 4.79 Å². The summed E-state index contributed by atoms with van der Waals surface area (Å²) in [6.07, 6.45) is 0.932. The smallest absolute Gasteiger partial charge is 0.340 e. The summed E-state index contributed by atoms with van der Waals surface area (Å²) in [5.41, 5.74) is 8.66. The van der Waals surface area contributed by atoms with Gasteiger partial charge < -0.3 is 15.8 Å². The Morgan fingerprint density at radius 3 is 2.57 bits per heavy atom. The highest BCUT2D eigenvalue weighted by molar-refractivity contribution is 5.96. The molecule has 0 amide bonds. The number of hydrogen-bond donors (Lipinski definition) is 2. The van der Waals surface area contributed by atoms with E-state index in [1.807, 2.05) is 24.3 Å². The molecular formula is C17H20N2O2. The van der Waals surface area contributed by atoms with Crippen molar-refractivity contribution >= 4 is 17.3 Å². The fraction of sp³-hybridized carbons (Fsp3) is 0.235. The minimum Gasteiger partial charge on any atom is -0.465 e. The van der Waals surface area contributed by atoms with Gasteiger partial charge in [-0.05, 0) is 30.2 Å². The molecule has 4 nitrogen and oxygen atoms in total. The lowest BCUT2D eigenvalue weighted by Crippen LogP contribution is -2.11. The summed E-state index contributed by atoms with van der Waals surface area (Å²) in [5.74, 6) is -0.427. The minimum atomic E-state index is -0.427. The van der Waals surface area contributed by atoms with Crippen molar-refractivity contribution in [1.82, 2.24) is 0 Å². The topological polar surface area (TPSA) is 64.3 Å². The average Bonchev–Trinajstić information content (AvgIpc) is 2.54. The third-order valence-electron chi connectivity index (χ3n) is 3.41. The molecule has 3 N–H and O–H groups in total. The molecule has 1 unspecified atom stereocenters. The van der Waals surface area contributed by atoms with E-state index >= 15 is 0 Å². The Balaban J connectivity index is 2.24. The normalized spacial score (nSPS) is 11.7. The highest BCUT2D eigenvalue weighted by atomic mass is 16.5. The van der Waals surface area contributed by atoms with Gasteiger partial charge in [-0.3, -0.25) is 0 Å². The Labute approximate surface area is 124 Å². The molecule has 1 atom stereocenters. The largest absolute Gasteiger partial charge is 0.465 e. The van der Waals surface area contributed by atoms with Gasteiger partial charge in [-0.15, -0.1) is 0 Å². The van der Waals surface area contributed by atoms with E-state index in [2.05, 4.69) is 24.4 Å². The fourth-order valence-corrected chi connectivity index (χ4v) is 2.24. The van der Waals surface area contributed by atoms with Crippen LogP contribution in [0.2, 0.25) is 0 Å². The Hall–Kier alpha value is -2.49. The summed E-state index contributed by atoms with van der Waals surface area (Å²) in [6.45, 7) is 2.11. The van der Waals surface area contributed by atoms with Crippen molar-refractivity contribution in [3.05, 3.63) is 59.7 Å². The van der Waals surface area contributed by atoms with Gasteiger partial charge >= 0.3 is 5.97 Å². The van der Waals surface area contributed by atoms with Crippen molar-refractivity contribution in [3.8, 4) is 0 Å². The maximum absolute atomic E-state index is 11.7. The van der Waals surface area contributed by atoms with E-state index in [1.165, 1.54) is 12.7 Å². The molecule has 0 aromatic heterocycles. The van der Waals surface area contributed by atoms with Crippen molar-refractivity contribution in [2.75, 3.05) is 18.2 Å². The summed E-state index contributed by atoms with van der Waals surface area (Å²) in [5, 5.41) is 3.43. The van der Waals surface area contributed by atoms with E-state index in [0.717, 1.165) is 12.1 Å². The molecule has 2 aromatic carbocycles. The summed E-state index contributed by atoms with van der Waals surface area (Å²) in [4.78, 5) is 11.7. The predicted molar refractivity (Wildman–Crippen MR) is 85.3 cm³/mol. The molecule has 21 heavy (non-hydrogen) atoms. The van der Waals surface area contributed by atoms with E-state index < -0.39 is 5.97 Å². The molecule has 0 aliphatic rings. The van der Waals surface area contributed by atoms with Crippen LogP contribution in [-0.4, -0.2) is 13.1 Å². The van der Waals surface area contributed by atoms with Gasteiger partial charge in [-0.2, -0.15) is 0 Å². The minimum absolute atomic E-state index is 0.181. The van der Waals surface area contributed by atoms with E-state index in [-0.39, 0.29) is 6.04 Å². The fourth-order valence-electron chi connectivity index (χ4n) is 2.24. The number of hydrogen-bond acceptors (Lipinski definition) is 4. The molecule has 2 aromatic rings. The number of anilines is 2. The molecule has 0 bridgehead atoms. The average molecular weight is 284 g/mol. The number of rotatable bonds is 5. The van der Waals surface area contributed by atoms with Crippen LogP contribution in [0.4, 0.5) is 11.4 Å². The van der Waals surface area contributed by atoms with Crippen molar-refractivity contribution in [3.63, 3.8) is 0 Å². The van der Waals surface area contributed by atoms with Crippen LogP contribution in [0.3, 0.4) is 0 Å². The second kappa shape index (κ2) is 6.79. The van der Waals surface area contributed by atoms with E-state index in [1.54, 1.807) is 12.1 Å². The predicted octanol–water partition coefficient (Wildman–Crippen LogP) is 3.62. The number of methoxy groups -OCH3 is 1. The SMILES string of the molecule is CCC(Nc1ccc(N)c(C(=O)OC)c1)c1ccccc1. The highest BCUT2D eigenvalue weighted by Crippen LogP contribution is 2.25. The molecular weight excluding hydrogens is 264 g/mol. The third-order valence-corrected chi connectivity index (χ3v) is 3.41. The van der Waals surface area contributed by atoms with Crippen molar-refractivity contribution in [2.24, 2.45) is 0 Å². The summed E-state index contributed by atoms with van der Waals surface area (Å²) >= 11 is 0. The summed E-state index contributed by atoms with van der Waals surface area (Å²) in [6, 6.07) is 15.7. The Bertz CT molecular complexity index is 611. The van der Waals surface area contributed by atoms with Gasteiger partial charge in [0.25, 0.3) is 0 Å². The molecule has 0 radical (unpaired) electrons. The van der Waals surface area contributed by atoms with Crippen LogP contribution < -0.4 is 11.1 Å². The van der Waals surface area contributed by atoms with Crippen LogP contribution in [-0.2, 0) is 4.74 Å². The number of ether oxygens (including phenoxy) is 1. The second-order valence-electron chi connectivity index (χ2n) is 4.81. The Morgan fingerprint density at radius 1 is 1.24 bits per heavy atom. The number of nitrogens with one attached hydrogen (secondary N) is 1. The Morgan fingerprint density at radius 2 is 1.95 bits per heavy atom. The lowest BCUT2D eigenvalue weighted by Gasteiger charge is -2.19. The van der Waals surface area contributed by atoms with Crippen LogP contribution in [0.15, 0.2) is 48.5 Å². The number of esters is 1. The number of carbonyl (C=O) groups excluding carboxylic acids is 1. The number of benzene rings is 2. The second-order valence-corrected chi connectivity index (χ2v) is 4.81. The molecule has 110 valence electrons. The molecule has 0 aliphatic heterocycles. The van der Waals surface area contributed by atoms with Crippen LogP contribution in [0, 0.1) is 0 Å². The first-order valence-corrected chi connectivity index (χ1v) is 6.95. The van der Waals surface area contributed by atoms with Crippen molar-refractivity contribution in [1.29, 1.82) is 0 Å². The monoisotopic (exact) mass is 284 g/mol. The van der Waals surface area contributed by atoms with E-state index in [4.69, 9.17) is 10.5 Å². The zero-order valence-corrected chi connectivity index (χ0v) is 12.3. The zero-order chi connectivity index (χ0) is 15.2. The molecule has 0 aliphatic carbocycles. The molecule has 2 rings (SSSR count). The molecule has 0 fully saturated rings. The summed E-state index contributed by atoms with van der Waals surface area (Å²) < 4.78 is 4.74. The molecule has 0 spiro atoms. The molecule has 4 heteroatoms. The van der Waals surface area contributed by atoms with Gasteiger partial charge in [0, 0.05) is 11.4 Å². The van der Waals surface area contributed by atoms with Crippen molar-refractivity contribution < 1.29 is 9.53 Å². The van der Waals surface area contributed by atoms with Crippen LogP contribution in [0.5, 0.6) is 0 Å². The summed E-state index contributed by atoms with van der Waals surface area (Å²) in [7, 11) is 1.35. The van der Waals surface area contributed by atoms with Gasteiger partial charge in [0.15, 0.2) is 0 Å². The maximum Gasteiger partial charge on any atom is 0.340 e. The molecule has 0 heterocycles. The number of nitrogens with two attached hydrogens (primary N) is 1. The van der Waals surface area contributed by atoms with Crippen molar-refractivity contribution in [2.45, 2.75) is 19.4 Å². The highest BCUT2D eigenvalue weighted by Gasteiger charge is 2.13. The van der Waals surface area contributed by atoms with Gasteiger partial charge in [-0.25, -0.2) is 4.79 Å². The molecule has 0 saturated heterocycles. The molecule has 0 saturated carbocycles. The van der Waals surface area contributed by atoms with Gasteiger partial charge in [0.2, 0.25) is 0 Å². The van der Waals surface area contributed by atoms with E-state index in [0.29, 0.717) is 11.3 Å². The van der Waals surface area contributed by atoms with Crippen LogP contribution in [0.25, 0.3) is 0 Å². The van der Waals surface area contributed by atoms with Gasteiger partial charge in [-0.1, -0.05) is 37.3 Å². The maximum atomic E-state index is 11.7. The standard InChI is InChI=1S/C17H20N2O2/c1-3-16(12-7-5-4-6-8-12)19-13-9-10-15(18)14(11-13)17(20)21-2/h4-11,16,19H,3,18H2,1-2H3. The third kappa shape index (κ3) is 3.54. The van der Waals surface area contributed by atoms with Gasteiger partial charge in [0.05, 0.1) is 18.7 Å². The number of carbonyl (C=O) groups is 1. The first-order valence-electron chi connectivity index (χ1n) is 6.95. The van der Waals surface area contributed by atoms with Gasteiger partial charge in [0.1, 0.15) is 0 Å². The van der Waals surface area contributed by atoms with Crippen LogP contribution >= 0.6 is 0 Å². The Kier molecular flexibility index (Phi) is 4.82. The lowest BCUT2D eigenvalue weighted by molar-refractivity contribution is 0.0602. The zero-order valence-electron chi connectivity index (χ0n) is 12.3. The first-order chi connectivity index (χ1) is 10.2. The first kappa shape index (κ1) is 14.9. The lowest BCUT2D eigenvalue weighted by atomic mass is 10.0. The number of nitrogen functional groups attached to an aromatic ring is 1.